The molecule has 0 spiro atoms. The van der Waals surface area contributed by atoms with Gasteiger partial charge in [0, 0.05) is 21.5 Å². The molecule has 9 aromatic carbocycles. The molecule has 0 heterocycles. The molecule has 258 valence electrons. The molecule has 0 aliphatic heterocycles. The lowest BCUT2D eigenvalue weighted by molar-refractivity contribution is 1.20. The van der Waals surface area contributed by atoms with Gasteiger partial charge in [0.1, 0.15) is 0 Å². The lowest BCUT2D eigenvalue weighted by atomic mass is 9.93. The third-order valence-corrected chi connectivity index (χ3v) is 10.6. The summed E-state index contributed by atoms with van der Waals surface area (Å²) in [4.78, 5) is 20.9. The predicted octanol–water partition coefficient (Wildman–Crippen LogP) is 11.3. The first-order chi connectivity index (χ1) is 26.4. The fraction of sp³-hybridized carbons (Fsp3) is 0.0800. The van der Waals surface area contributed by atoms with Crippen molar-refractivity contribution in [3.63, 3.8) is 0 Å². The zero-order chi connectivity index (χ0) is 36.8. The van der Waals surface area contributed by atoms with E-state index in [0.29, 0.717) is 0 Å². The highest BCUT2D eigenvalue weighted by Gasteiger charge is 2.14. The van der Waals surface area contributed by atoms with E-state index in [0.717, 1.165) is 110 Å². The summed E-state index contributed by atoms with van der Waals surface area (Å²) in [5.74, 6) is 0. The Labute approximate surface area is 313 Å². The van der Waals surface area contributed by atoms with Crippen LogP contribution in [0.1, 0.15) is 22.3 Å². The molecule has 0 saturated heterocycles. The fourth-order valence-corrected chi connectivity index (χ4v) is 7.51. The topological polar surface area (TPSA) is 49.4 Å². The standard InChI is InChI=1S/C50H38N4/c1-31-32(2)48(52-40-19-11-6-12-20-40)44-28-36-26-38-30-46-45(29-37(38)25-35(36)27-43(44)47(31)51-39-17-9-5-10-18-39)49(53-41-21-13-7-14-22-41)33(3)34(4)50(46)54-42-23-15-8-16-24-42/h5-30H,1-4H3/b51-47-,52-48-,53-49-,54-50+. The summed E-state index contributed by atoms with van der Waals surface area (Å²) < 4.78 is 0. The molecule has 54 heavy (non-hydrogen) atoms. The molecule has 0 bridgehead atoms. The molecule has 9 rings (SSSR count). The molecule has 0 unspecified atom stereocenters. The molecular formula is C50H38N4. The Kier molecular flexibility index (Phi) is 8.36. The summed E-state index contributed by atoms with van der Waals surface area (Å²) in [6, 6.07) is 54.7. The maximum Gasteiger partial charge on any atom is 0.0748 e. The number of benzene rings is 9. The summed E-state index contributed by atoms with van der Waals surface area (Å²) in [5, 5.41) is 12.8. The Hall–Kier alpha value is -6.78. The van der Waals surface area contributed by atoms with Crippen LogP contribution in [-0.4, -0.2) is 0 Å². The monoisotopic (exact) mass is 694 g/mol. The van der Waals surface area contributed by atoms with Crippen molar-refractivity contribution in [3.8, 4) is 0 Å². The first kappa shape index (κ1) is 33.1. The van der Waals surface area contributed by atoms with Crippen LogP contribution < -0.4 is 21.4 Å². The molecule has 0 aliphatic carbocycles. The SMILES string of the molecule is Cc1c(C)/c(=N/c2ccccc2)c2cc3cc4cc5/c(=N/c6ccccc6)c(C)c(C)/c(=N/c6ccccc6)c5cc4cc3cc2/c1=N\c1ccccc1. The minimum atomic E-state index is 0.927. The van der Waals surface area contributed by atoms with E-state index in [1.807, 2.05) is 72.8 Å². The van der Waals surface area contributed by atoms with E-state index in [-0.39, 0.29) is 0 Å². The van der Waals surface area contributed by atoms with E-state index in [1.54, 1.807) is 0 Å². The first-order valence-electron chi connectivity index (χ1n) is 18.4. The predicted molar refractivity (Wildman–Crippen MR) is 224 cm³/mol. The average Bonchev–Trinajstić information content (AvgIpc) is 3.21. The molecule has 0 saturated carbocycles. The zero-order valence-electron chi connectivity index (χ0n) is 30.8. The molecule has 0 aliphatic rings. The van der Waals surface area contributed by atoms with E-state index in [2.05, 4.69) is 113 Å². The van der Waals surface area contributed by atoms with E-state index in [9.17, 15) is 0 Å². The lowest BCUT2D eigenvalue weighted by Crippen LogP contribution is -2.20. The van der Waals surface area contributed by atoms with Gasteiger partial charge in [0.05, 0.1) is 44.2 Å². The Balaban J connectivity index is 1.40. The van der Waals surface area contributed by atoms with Gasteiger partial charge in [0.25, 0.3) is 0 Å². The van der Waals surface area contributed by atoms with Crippen molar-refractivity contribution < 1.29 is 0 Å². The maximum atomic E-state index is 5.24. The highest BCUT2D eigenvalue weighted by molar-refractivity contribution is 6.08. The average molecular weight is 695 g/mol. The van der Waals surface area contributed by atoms with Crippen molar-refractivity contribution in [1.29, 1.82) is 0 Å². The van der Waals surface area contributed by atoms with E-state index >= 15 is 0 Å². The molecule has 0 fully saturated rings. The molecule has 0 amide bonds. The van der Waals surface area contributed by atoms with Gasteiger partial charge >= 0.3 is 0 Å². The van der Waals surface area contributed by atoms with Crippen LogP contribution in [-0.2, 0) is 0 Å². The Bertz CT molecular complexity index is 2730. The highest BCUT2D eigenvalue weighted by Crippen LogP contribution is 2.30. The second-order valence-corrected chi connectivity index (χ2v) is 14.0. The van der Waals surface area contributed by atoms with Crippen LogP contribution in [0.5, 0.6) is 0 Å². The van der Waals surface area contributed by atoms with Crippen molar-refractivity contribution in [3.05, 3.63) is 201 Å². The Morgan fingerprint density at radius 3 is 0.667 bits per heavy atom. The van der Waals surface area contributed by atoms with E-state index in [1.165, 1.54) is 0 Å². The lowest BCUT2D eigenvalue weighted by Gasteiger charge is -2.13. The zero-order valence-corrected chi connectivity index (χ0v) is 30.8. The number of hydrogen-bond acceptors (Lipinski definition) is 4. The fourth-order valence-electron chi connectivity index (χ4n) is 7.51. The third-order valence-electron chi connectivity index (χ3n) is 10.6. The van der Waals surface area contributed by atoms with E-state index in [4.69, 9.17) is 20.0 Å². The van der Waals surface area contributed by atoms with Crippen LogP contribution >= 0.6 is 0 Å². The van der Waals surface area contributed by atoms with Crippen LogP contribution in [0.2, 0.25) is 0 Å². The third kappa shape index (κ3) is 6.02. The van der Waals surface area contributed by atoms with Gasteiger partial charge in [-0.15, -0.1) is 0 Å². The second kappa shape index (κ2) is 13.6. The van der Waals surface area contributed by atoms with Gasteiger partial charge in [-0.1, -0.05) is 72.8 Å². The second-order valence-electron chi connectivity index (χ2n) is 14.0. The highest BCUT2D eigenvalue weighted by atomic mass is 14.8. The molecule has 4 heteroatoms. The van der Waals surface area contributed by atoms with Gasteiger partial charge in [0.15, 0.2) is 0 Å². The van der Waals surface area contributed by atoms with Crippen LogP contribution in [0.15, 0.2) is 178 Å². The molecular weight excluding hydrogens is 657 g/mol. The van der Waals surface area contributed by atoms with Gasteiger partial charge in [-0.2, -0.15) is 0 Å². The molecule has 9 aromatic rings. The molecule has 0 radical (unpaired) electrons. The number of hydrogen-bond donors (Lipinski definition) is 0. The number of fused-ring (bicyclic) bond motifs is 4. The first-order valence-corrected chi connectivity index (χ1v) is 18.4. The summed E-state index contributed by atoms with van der Waals surface area (Å²) in [5.41, 5.74) is 8.21. The van der Waals surface area contributed by atoms with Crippen molar-refractivity contribution >= 4 is 65.8 Å². The minimum absolute atomic E-state index is 0.927. The summed E-state index contributed by atoms with van der Waals surface area (Å²) in [7, 11) is 0. The van der Waals surface area contributed by atoms with Gasteiger partial charge in [-0.05, 0) is 156 Å². The van der Waals surface area contributed by atoms with Crippen LogP contribution in [0, 0.1) is 27.7 Å². The normalized spacial score (nSPS) is 13.3. The van der Waals surface area contributed by atoms with Crippen molar-refractivity contribution in [2.45, 2.75) is 27.7 Å². The van der Waals surface area contributed by atoms with Crippen LogP contribution in [0.25, 0.3) is 43.1 Å². The Morgan fingerprint density at radius 2 is 0.463 bits per heavy atom. The minimum Gasteiger partial charge on any atom is -0.248 e. The summed E-state index contributed by atoms with van der Waals surface area (Å²) in [6.45, 7) is 8.66. The quantitative estimate of drug-likeness (QED) is 0.165. The number of para-hydroxylation sites is 4. The number of nitrogens with zero attached hydrogens (tertiary/aromatic N) is 4. The van der Waals surface area contributed by atoms with Gasteiger partial charge in [-0.25, -0.2) is 20.0 Å². The molecule has 0 atom stereocenters. The van der Waals surface area contributed by atoms with E-state index < -0.39 is 0 Å². The maximum absolute atomic E-state index is 5.24. The van der Waals surface area contributed by atoms with Crippen LogP contribution in [0.3, 0.4) is 0 Å². The molecule has 4 nitrogen and oxygen atoms in total. The molecule has 0 aromatic heterocycles. The van der Waals surface area contributed by atoms with Crippen molar-refractivity contribution in [2.24, 2.45) is 20.0 Å². The smallest absolute Gasteiger partial charge is 0.0748 e. The van der Waals surface area contributed by atoms with Gasteiger partial charge < -0.3 is 0 Å². The Morgan fingerprint density at radius 1 is 0.259 bits per heavy atom. The number of rotatable bonds is 4. The van der Waals surface area contributed by atoms with Gasteiger partial charge in [0.2, 0.25) is 0 Å². The van der Waals surface area contributed by atoms with Crippen molar-refractivity contribution in [2.75, 3.05) is 0 Å². The largest absolute Gasteiger partial charge is 0.248 e. The van der Waals surface area contributed by atoms with Crippen LogP contribution in [0.4, 0.5) is 22.7 Å². The summed E-state index contributed by atoms with van der Waals surface area (Å²) in [6.07, 6.45) is 0. The van der Waals surface area contributed by atoms with Crippen molar-refractivity contribution in [1.82, 2.24) is 0 Å². The van der Waals surface area contributed by atoms with Gasteiger partial charge in [-0.3, -0.25) is 0 Å². The molecule has 0 N–H and O–H groups in total. The summed E-state index contributed by atoms with van der Waals surface area (Å²) >= 11 is 0.